The Kier molecular flexibility index (Phi) is 3.90. The van der Waals surface area contributed by atoms with Crippen molar-refractivity contribution in [2.24, 2.45) is 0 Å². The van der Waals surface area contributed by atoms with Gasteiger partial charge in [0.25, 0.3) is 0 Å². The van der Waals surface area contributed by atoms with Crippen LogP contribution in [0.15, 0.2) is 23.6 Å². The largest absolute Gasteiger partial charge is 0.489 e. The molecule has 2 rings (SSSR count). The zero-order chi connectivity index (χ0) is 14.0. The molecule has 3 nitrogen and oxygen atoms in total. The molecule has 2 aromatic rings. The summed E-state index contributed by atoms with van der Waals surface area (Å²) in [5.74, 6) is -0.0780. The summed E-state index contributed by atoms with van der Waals surface area (Å²) in [5.41, 5.74) is 4.13. The second-order valence-electron chi connectivity index (χ2n) is 4.57. The van der Waals surface area contributed by atoms with Crippen LogP contribution in [0.25, 0.3) is 0 Å². The maximum atomic E-state index is 11.0. The first-order valence-electron chi connectivity index (χ1n) is 5.99. The van der Waals surface area contributed by atoms with Gasteiger partial charge >= 0.3 is 5.97 Å². The Morgan fingerprint density at radius 1 is 1.32 bits per heavy atom. The average Bonchev–Trinajstić information content (AvgIpc) is 2.80. The van der Waals surface area contributed by atoms with Crippen molar-refractivity contribution < 1.29 is 14.6 Å². The van der Waals surface area contributed by atoms with Gasteiger partial charge in [-0.05, 0) is 55.0 Å². The lowest BCUT2D eigenvalue weighted by molar-refractivity contribution is 0.0699. The number of aryl methyl sites for hydroxylation is 2. The number of carboxylic acids is 1. The van der Waals surface area contributed by atoms with Gasteiger partial charge in [0, 0.05) is 5.56 Å². The quantitative estimate of drug-likeness (QED) is 0.919. The van der Waals surface area contributed by atoms with Crippen molar-refractivity contribution in [2.75, 3.05) is 0 Å². The van der Waals surface area contributed by atoms with Crippen molar-refractivity contribution in [1.29, 1.82) is 0 Å². The second-order valence-corrected chi connectivity index (χ2v) is 5.49. The van der Waals surface area contributed by atoms with Crippen molar-refractivity contribution in [2.45, 2.75) is 27.4 Å². The standard InChI is InChI=1S/C15H16O3S/c1-9-6-10(2)11(3)13(7-9)18-8-12-4-5-19-14(12)15(16)17/h4-7H,8H2,1-3H3,(H,16,17). The van der Waals surface area contributed by atoms with Gasteiger partial charge in [0.05, 0.1) is 0 Å². The van der Waals surface area contributed by atoms with Crippen molar-refractivity contribution in [3.63, 3.8) is 0 Å². The Bertz CT molecular complexity index is 614. The van der Waals surface area contributed by atoms with Gasteiger partial charge in [-0.1, -0.05) is 6.07 Å². The summed E-state index contributed by atoms with van der Waals surface area (Å²) < 4.78 is 5.78. The summed E-state index contributed by atoms with van der Waals surface area (Å²) in [7, 11) is 0. The average molecular weight is 276 g/mol. The number of rotatable bonds is 4. The Morgan fingerprint density at radius 2 is 2.05 bits per heavy atom. The minimum Gasteiger partial charge on any atom is -0.489 e. The van der Waals surface area contributed by atoms with E-state index in [1.54, 1.807) is 11.4 Å². The number of thiophene rings is 1. The van der Waals surface area contributed by atoms with Crippen molar-refractivity contribution in [3.8, 4) is 5.75 Å². The first-order valence-corrected chi connectivity index (χ1v) is 6.87. The van der Waals surface area contributed by atoms with E-state index in [0.717, 1.165) is 22.4 Å². The minimum atomic E-state index is -0.897. The van der Waals surface area contributed by atoms with Gasteiger partial charge < -0.3 is 9.84 Å². The fraction of sp³-hybridized carbons (Fsp3) is 0.267. The Labute approximate surface area is 116 Å². The molecule has 0 fully saturated rings. The summed E-state index contributed by atoms with van der Waals surface area (Å²) in [4.78, 5) is 11.4. The van der Waals surface area contributed by atoms with E-state index in [1.165, 1.54) is 16.9 Å². The predicted molar refractivity (Wildman–Crippen MR) is 76.3 cm³/mol. The molecule has 1 aromatic heterocycles. The zero-order valence-corrected chi connectivity index (χ0v) is 12.0. The fourth-order valence-electron chi connectivity index (χ4n) is 1.94. The molecule has 0 aliphatic carbocycles. The number of carbonyl (C=O) groups is 1. The van der Waals surface area contributed by atoms with Gasteiger partial charge in [-0.15, -0.1) is 11.3 Å². The number of carboxylic acid groups (broad SMARTS) is 1. The molecule has 0 radical (unpaired) electrons. The molecular weight excluding hydrogens is 260 g/mol. The van der Waals surface area contributed by atoms with Crippen molar-refractivity contribution in [1.82, 2.24) is 0 Å². The summed E-state index contributed by atoms with van der Waals surface area (Å²) in [6, 6.07) is 5.89. The normalized spacial score (nSPS) is 10.5. The van der Waals surface area contributed by atoms with Crippen molar-refractivity contribution >= 4 is 17.3 Å². The molecule has 19 heavy (non-hydrogen) atoms. The maximum absolute atomic E-state index is 11.0. The van der Waals surface area contributed by atoms with Gasteiger partial charge in [0.2, 0.25) is 0 Å². The molecule has 0 aliphatic rings. The van der Waals surface area contributed by atoms with Crippen LogP contribution in [0.4, 0.5) is 0 Å². The highest BCUT2D eigenvalue weighted by Gasteiger charge is 2.12. The summed E-state index contributed by atoms with van der Waals surface area (Å²) in [6.45, 7) is 6.36. The molecule has 0 aliphatic heterocycles. The third-order valence-corrected chi connectivity index (χ3v) is 4.03. The Morgan fingerprint density at radius 3 is 2.74 bits per heavy atom. The number of benzene rings is 1. The monoisotopic (exact) mass is 276 g/mol. The topological polar surface area (TPSA) is 46.5 Å². The molecule has 0 amide bonds. The van der Waals surface area contributed by atoms with Crippen LogP contribution in [0, 0.1) is 20.8 Å². The van der Waals surface area contributed by atoms with Crippen LogP contribution in [-0.4, -0.2) is 11.1 Å². The molecule has 1 N–H and O–H groups in total. The second kappa shape index (κ2) is 5.45. The number of hydrogen-bond acceptors (Lipinski definition) is 3. The molecule has 100 valence electrons. The smallest absolute Gasteiger partial charge is 0.346 e. The lowest BCUT2D eigenvalue weighted by Crippen LogP contribution is -2.03. The first-order chi connectivity index (χ1) is 8.99. The van der Waals surface area contributed by atoms with Crippen LogP contribution in [0.5, 0.6) is 5.75 Å². The van der Waals surface area contributed by atoms with E-state index < -0.39 is 5.97 Å². The molecule has 0 saturated carbocycles. The number of ether oxygens (including phenoxy) is 1. The van der Waals surface area contributed by atoms with Gasteiger partial charge in [-0.3, -0.25) is 0 Å². The summed E-state index contributed by atoms with van der Waals surface area (Å²) in [5, 5.41) is 10.8. The highest BCUT2D eigenvalue weighted by molar-refractivity contribution is 7.12. The molecule has 0 atom stereocenters. The maximum Gasteiger partial charge on any atom is 0.346 e. The van der Waals surface area contributed by atoms with E-state index in [9.17, 15) is 4.79 Å². The molecule has 1 heterocycles. The van der Waals surface area contributed by atoms with Crippen molar-refractivity contribution in [3.05, 3.63) is 50.7 Å². The molecule has 4 heteroatoms. The van der Waals surface area contributed by atoms with E-state index >= 15 is 0 Å². The molecule has 0 unspecified atom stereocenters. The van der Waals surface area contributed by atoms with Crippen LogP contribution in [0.1, 0.15) is 31.9 Å². The Hall–Kier alpha value is -1.81. The van der Waals surface area contributed by atoms with E-state index in [4.69, 9.17) is 9.84 Å². The summed E-state index contributed by atoms with van der Waals surface area (Å²) >= 11 is 1.22. The molecular formula is C15H16O3S. The summed E-state index contributed by atoms with van der Waals surface area (Å²) in [6.07, 6.45) is 0. The van der Waals surface area contributed by atoms with E-state index in [0.29, 0.717) is 4.88 Å². The number of hydrogen-bond donors (Lipinski definition) is 1. The lowest BCUT2D eigenvalue weighted by Gasteiger charge is -2.12. The first kappa shape index (κ1) is 13.6. The third-order valence-electron chi connectivity index (χ3n) is 3.09. The fourth-order valence-corrected chi connectivity index (χ4v) is 2.69. The van der Waals surface area contributed by atoms with E-state index in [-0.39, 0.29) is 6.61 Å². The molecule has 1 aromatic carbocycles. The van der Waals surface area contributed by atoms with Gasteiger partial charge in [0.1, 0.15) is 17.2 Å². The molecule has 0 saturated heterocycles. The zero-order valence-electron chi connectivity index (χ0n) is 11.2. The van der Waals surface area contributed by atoms with Crippen LogP contribution in [0.3, 0.4) is 0 Å². The van der Waals surface area contributed by atoms with Gasteiger partial charge in [-0.2, -0.15) is 0 Å². The SMILES string of the molecule is Cc1cc(C)c(C)c(OCc2ccsc2C(=O)O)c1. The van der Waals surface area contributed by atoms with Crippen LogP contribution in [-0.2, 0) is 6.61 Å². The van der Waals surface area contributed by atoms with Gasteiger partial charge in [0.15, 0.2) is 0 Å². The third kappa shape index (κ3) is 2.96. The molecule has 0 bridgehead atoms. The Balaban J connectivity index is 2.19. The van der Waals surface area contributed by atoms with Crippen LogP contribution in [0.2, 0.25) is 0 Å². The minimum absolute atomic E-state index is 0.287. The van der Waals surface area contributed by atoms with E-state index in [1.807, 2.05) is 26.8 Å². The number of aromatic carboxylic acids is 1. The predicted octanol–water partition coefficient (Wildman–Crippen LogP) is 3.95. The van der Waals surface area contributed by atoms with Crippen LogP contribution < -0.4 is 4.74 Å². The van der Waals surface area contributed by atoms with Crippen LogP contribution >= 0.6 is 11.3 Å². The lowest BCUT2D eigenvalue weighted by atomic mass is 10.1. The highest BCUT2D eigenvalue weighted by Crippen LogP contribution is 2.25. The van der Waals surface area contributed by atoms with E-state index in [2.05, 4.69) is 6.07 Å². The van der Waals surface area contributed by atoms with Gasteiger partial charge in [-0.25, -0.2) is 4.79 Å². The molecule has 0 spiro atoms. The highest BCUT2D eigenvalue weighted by atomic mass is 32.1.